The molecule has 1 N–H and O–H groups in total. The van der Waals surface area contributed by atoms with Crippen LogP contribution in [0.4, 0.5) is 0 Å². The van der Waals surface area contributed by atoms with Crippen LogP contribution < -0.4 is 0 Å². The van der Waals surface area contributed by atoms with Crippen LogP contribution in [0.25, 0.3) is 32.9 Å². The fourth-order valence-electron chi connectivity index (χ4n) is 2.76. The van der Waals surface area contributed by atoms with Crippen LogP contribution in [0, 0.1) is 0 Å². The maximum Gasteiger partial charge on any atom is 0.117 e. The number of hydrogen-bond acceptors (Lipinski definition) is 2. The van der Waals surface area contributed by atoms with Crippen LogP contribution in [0.1, 0.15) is 0 Å². The molecule has 2 nitrogen and oxygen atoms in total. The third-order valence-corrected chi connectivity index (χ3v) is 3.73. The highest BCUT2D eigenvalue weighted by atomic mass is 16.3. The highest BCUT2D eigenvalue weighted by Gasteiger charge is 2.09. The van der Waals surface area contributed by atoms with Gasteiger partial charge in [-0.25, -0.2) is 4.98 Å². The quantitative estimate of drug-likeness (QED) is 0.506. The number of phenols is 1. The lowest BCUT2D eigenvalue weighted by atomic mass is 10.00. The third kappa shape index (κ3) is 1.93. The largest absolute Gasteiger partial charge is 0.508 e. The summed E-state index contributed by atoms with van der Waals surface area (Å²) in [7, 11) is 0. The van der Waals surface area contributed by atoms with Crippen molar-refractivity contribution in [3.8, 4) is 17.0 Å². The van der Waals surface area contributed by atoms with E-state index in [0.29, 0.717) is 0 Å². The average Bonchev–Trinajstić information content (AvgIpc) is 2.54. The molecule has 4 aromatic rings. The SMILES string of the molecule is Oc1ccc2c(c1)nc(-c1ccccc1)c1ccccc12. The van der Waals surface area contributed by atoms with E-state index in [2.05, 4.69) is 24.3 Å². The first kappa shape index (κ1) is 11.9. The molecule has 0 radical (unpaired) electrons. The lowest BCUT2D eigenvalue weighted by Gasteiger charge is -2.10. The van der Waals surface area contributed by atoms with E-state index in [1.807, 2.05) is 36.4 Å². The predicted octanol–water partition coefficient (Wildman–Crippen LogP) is 4.76. The van der Waals surface area contributed by atoms with Gasteiger partial charge in [-0.3, -0.25) is 0 Å². The van der Waals surface area contributed by atoms with Crippen LogP contribution in [0.3, 0.4) is 0 Å². The van der Waals surface area contributed by atoms with Crippen LogP contribution in [0.15, 0.2) is 72.8 Å². The number of rotatable bonds is 1. The zero-order valence-corrected chi connectivity index (χ0v) is 11.3. The van der Waals surface area contributed by atoms with Gasteiger partial charge in [0.15, 0.2) is 0 Å². The summed E-state index contributed by atoms with van der Waals surface area (Å²) in [6, 6.07) is 23.7. The van der Waals surface area contributed by atoms with Gasteiger partial charge >= 0.3 is 0 Å². The fraction of sp³-hybridized carbons (Fsp3) is 0. The fourth-order valence-corrected chi connectivity index (χ4v) is 2.76. The molecule has 3 aromatic carbocycles. The van der Waals surface area contributed by atoms with Gasteiger partial charge in [0.05, 0.1) is 11.2 Å². The molecule has 0 fully saturated rings. The lowest BCUT2D eigenvalue weighted by molar-refractivity contribution is 0.476. The topological polar surface area (TPSA) is 33.1 Å². The van der Waals surface area contributed by atoms with Crippen molar-refractivity contribution in [2.45, 2.75) is 0 Å². The Bertz CT molecular complexity index is 945. The summed E-state index contributed by atoms with van der Waals surface area (Å²) >= 11 is 0. The molecule has 0 bridgehead atoms. The molecular formula is C19H13NO. The number of benzene rings is 3. The second-order valence-electron chi connectivity index (χ2n) is 5.07. The molecule has 21 heavy (non-hydrogen) atoms. The molecule has 0 aliphatic heterocycles. The van der Waals surface area contributed by atoms with E-state index in [-0.39, 0.29) is 5.75 Å². The molecule has 100 valence electrons. The minimum absolute atomic E-state index is 0.240. The van der Waals surface area contributed by atoms with E-state index in [4.69, 9.17) is 4.98 Å². The standard InChI is InChI=1S/C19H13NO/c21-14-10-11-16-15-8-4-5-9-17(15)19(20-18(16)12-14)13-6-2-1-3-7-13/h1-12,21H. The van der Waals surface area contributed by atoms with Gasteiger partial charge in [0.2, 0.25) is 0 Å². The first-order valence-electron chi connectivity index (χ1n) is 6.90. The molecule has 0 unspecified atom stereocenters. The van der Waals surface area contributed by atoms with Crippen molar-refractivity contribution in [1.82, 2.24) is 4.98 Å². The summed E-state index contributed by atoms with van der Waals surface area (Å²) in [5.74, 6) is 0.240. The Hall–Kier alpha value is -2.87. The number of hydrogen-bond donors (Lipinski definition) is 1. The first-order valence-corrected chi connectivity index (χ1v) is 6.90. The molecule has 0 saturated heterocycles. The number of phenolic OH excluding ortho intramolecular Hbond substituents is 1. The Kier molecular flexibility index (Phi) is 2.61. The van der Waals surface area contributed by atoms with Crippen LogP contribution in [-0.4, -0.2) is 10.1 Å². The number of pyridine rings is 1. The van der Waals surface area contributed by atoms with Crippen molar-refractivity contribution in [2.24, 2.45) is 0 Å². The van der Waals surface area contributed by atoms with E-state index in [1.165, 1.54) is 0 Å². The summed E-state index contributed by atoms with van der Waals surface area (Å²) in [5, 5.41) is 13.1. The molecule has 0 atom stereocenters. The van der Waals surface area contributed by atoms with Crippen LogP contribution in [-0.2, 0) is 0 Å². The summed E-state index contributed by atoms with van der Waals surface area (Å²) in [5.41, 5.74) is 2.84. The molecule has 4 rings (SSSR count). The van der Waals surface area contributed by atoms with E-state index in [1.54, 1.807) is 12.1 Å². The molecule has 0 aliphatic rings. The molecule has 0 amide bonds. The molecule has 2 heteroatoms. The smallest absolute Gasteiger partial charge is 0.117 e. The molecule has 0 aliphatic carbocycles. The maximum absolute atomic E-state index is 9.72. The second-order valence-corrected chi connectivity index (χ2v) is 5.07. The zero-order chi connectivity index (χ0) is 14.2. The van der Waals surface area contributed by atoms with Gasteiger partial charge in [0.25, 0.3) is 0 Å². The molecular weight excluding hydrogens is 258 g/mol. The van der Waals surface area contributed by atoms with E-state index in [9.17, 15) is 5.11 Å². The Morgan fingerprint density at radius 1 is 0.667 bits per heavy atom. The predicted molar refractivity (Wildman–Crippen MR) is 86.3 cm³/mol. The Morgan fingerprint density at radius 3 is 2.19 bits per heavy atom. The van der Waals surface area contributed by atoms with Gasteiger partial charge in [0, 0.05) is 22.4 Å². The highest BCUT2D eigenvalue weighted by Crippen LogP contribution is 2.33. The molecule has 1 heterocycles. The Balaban J connectivity index is 2.18. The van der Waals surface area contributed by atoms with E-state index in [0.717, 1.165) is 32.9 Å². The summed E-state index contributed by atoms with van der Waals surface area (Å²) < 4.78 is 0. The van der Waals surface area contributed by atoms with Gasteiger partial charge in [0.1, 0.15) is 5.75 Å². The van der Waals surface area contributed by atoms with Crippen molar-refractivity contribution in [1.29, 1.82) is 0 Å². The molecule has 1 aromatic heterocycles. The van der Waals surface area contributed by atoms with Crippen LogP contribution in [0.5, 0.6) is 5.75 Å². The second kappa shape index (κ2) is 4.60. The van der Waals surface area contributed by atoms with Gasteiger partial charge in [-0.1, -0.05) is 54.6 Å². The van der Waals surface area contributed by atoms with E-state index < -0.39 is 0 Å². The minimum Gasteiger partial charge on any atom is -0.508 e. The Labute approximate surface area is 122 Å². The molecule has 0 saturated carbocycles. The van der Waals surface area contributed by atoms with Crippen molar-refractivity contribution < 1.29 is 5.11 Å². The Morgan fingerprint density at radius 2 is 1.38 bits per heavy atom. The van der Waals surface area contributed by atoms with Crippen molar-refractivity contribution in [2.75, 3.05) is 0 Å². The van der Waals surface area contributed by atoms with Crippen LogP contribution in [0.2, 0.25) is 0 Å². The maximum atomic E-state index is 9.72. The lowest BCUT2D eigenvalue weighted by Crippen LogP contribution is -1.89. The van der Waals surface area contributed by atoms with Crippen molar-refractivity contribution >= 4 is 21.7 Å². The summed E-state index contributed by atoms with van der Waals surface area (Å²) in [6.07, 6.45) is 0. The third-order valence-electron chi connectivity index (χ3n) is 3.73. The summed E-state index contributed by atoms with van der Waals surface area (Å²) in [4.78, 5) is 4.77. The first-order chi connectivity index (χ1) is 10.3. The van der Waals surface area contributed by atoms with Gasteiger partial charge < -0.3 is 5.11 Å². The van der Waals surface area contributed by atoms with Gasteiger partial charge in [-0.2, -0.15) is 0 Å². The number of aromatic hydroxyl groups is 1. The minimum atomic E-state index is 0.240. The number of nitrogens with zero attached hydrogens (tertiary/aromatic N) is 1. The number of fused-ring (bicyclic) bond motifs is 3. The van der Waals surface area contributed by atoms with Crippen molar-refractivity contribution in [3.63, 3.8) is 0 Å². The zero-order valence-electron chi connectivity index (χ0n) is 11.3. The number of aromatic nitrogens is 1. The summed E-state index contributed by atoms with van der Waals surface area (Å²) in [6.45, 7) is 0. The van der Waals surface area contributed by atoms with Crippen molar-refractivity contribution in [3.05, 3.63) is 72.8 Å². The monoisotopic (exact) mass is 271 g/mol. The van der Waals surface area contributed by atoms with E-state index >= 15 is 0 Å². The average molecular weight is 271 g/mol. The highest BCUT2D eigenvalue weighted by molar-refractivity contribution is 6.11. The van der Waals surface area contributed by atoms with Crippen LogP contribution >= 0.6 is 0 Å². The van der Waals surface area contributed by atoms with Gasteiger partial charge in [-0.05, 0) is 17.5 Å². The molecule has 0 spiro atoms. The van der Waals surface area contributed by atoms with Gasteiger partial charge in [-0.15, -0.1) is 0 Å². The normalized spacial score (nSPS) is 11.0.